The third kappa shape index (κ3) is 5.27. The van der Waals surface area contributed by atoms with E-state index in [0.29, 0.717) is 30.3 Å². The van der Waals surface area contributed by atoms with Gasteiger partial charge in [0.15, 0.2) is 11.5 Å². The molecule has 178 valence electrons. The molecule has 0 radical (unpaired) electrons. The zero-order valence-corrected chi connectivity index (χ0v) is 20.9. The average Bonchev–Trinajstić information content (AvgIpc) is 3.34. The highest BCUT2D eigenvalue weighted by atomic mass is 79.9. The molecule has 0 saturated carbocycles. The van der Waals surface area contributed by atoms with E-state index in [0.717, 1.165) is 36.1 Å². The Balaban J connectivity index is 1.32. The van der Waals surface area contributed by atoms with Gasteiger partial charge in [0.1, 0.15) is 6.04 Å². The van der Waals surface area contributed by atoms with Crippen LogP contribution in [0.3, 0.4) is 0 Å². The van der Waals surface area contributed by atoms with Gasteiger partial charge >= 0.3 is 0 Å². The van der Waals surface area contributed by atoms with Crippen LogP contribution in [0.15, 0.2) is 40.9 Å². The van der Waals surface area contributed by atoms with Crippen molar-refractivity contribution in [2.75, 3.05) is 47.5 Å². The summed E-state index contributed by atoms with van der Waals surface area (Å²) in [6.45, 7) is 3.74. The van der Waals surface area contributed by atoms with Crippen LogP contribution in [-0.2, 0) is 11.3 Å². The van der Waals surface area contributed by atoms with Crippen LogP contribution in [0.1, 0.15) is 23.6 Å². The van der Waals surface area contributed by atoms with E-state index in [1.165, 1.54) is 5.56 Å². The third-order valence-corrected chi connectivity index (χ3v) is 6.87. The number of piperazine rings is 1. The van der Waals surface area contributed by atoms with Gasteiger partial charge in [-0.2, -0.15) is 0 Å². The average molecular weight is 519 g/mol. The quantitative estimate of drug-likeness (QED) is 0.583. The normalized spacial score (nSPS) is 21.2. The fraction of sp³-hybridized carbons (Fsp3) is 0.458. The van der Waals surface area contributed by atoms with Gasteiger partial charge in [-0.25, -0.2) is 10.9 Å². The summed E-state index contributed by atoms with van der Waals surface area (Å²) in [6.07, 6.45) is 0.740. The van der Waals surface area contributed by atoms with Gasteiger partial charge < -0.3 is 19.1 Å². The number of hydrazine groups is 1. The van der Waals surface area contributed by atoms with Crippen molar-refractivity contribution in [2.45, 2.75) is 25.0 Å². The summed E-state index contributed by atoms with van der Waals surface area (Å²) in [7, 11) is 4.87. The zero-order valence-electron chi connectivity index (χ0n) is 19.3. The molecule has 33 heavy (non-hydrogen) atoms. The Kier molecular flexibility index (Phi) is 7.75. The molecule has 1 amide bonds. The van der Waals surface area contributed by atoms with Gasteiger partial charge in [-0.15, -0.1) is 0 Å². The predicted molar refractivity (Wildman–Crippen MR) is 130 cm³/mol. The summed E-state index contributed by atoms with van der Waals surface area (Å²) in [5.74, 6) is 2.10. The molecule has 4 rings (SSSR count). The molecule has 2 saturated heterocycles. The maximum absolute atomic E-state index is 13.1. The highest BCUT2D eigenvalue weighted by Gasteiger charge is 2.34. The highest BCUT2D eigenvalue weighted by molar-refractivity contribution is 9.10. The lowest BCUT2D eigenvalue weighted by Crippen LogP contribution is -2.53. The second-order valence-corrected chi connectivity index (χ2v) is 9.19. The molecule has 9 heteroatoms. The number of carbonyl (C=O) groups is 1. The van der Waals surface area contributed by atoms with Gasteiger partial charge in [0.2, 0.25) is 11.7 Å². The lowest BCUT2D eigenvalue weighted by Gasteiger charge is -2.36. The van der Waals surface area contributed by atoms with Crippen LogP contribution in [0.2, 0.25) is 0 Å². The predicted octanol–water partition coefficient (Wildman–Crippen LogP) is 2.73. The lowest BCUT2D eigenvalue weighted by molar-refractivity contribution is -0.135. The number of amides is 1. The summed E-state index contributed by atoms with van der Waals surface area (Å²) in [6, 6.07) is 12.0. The van der Waals surface area contributed by atoms with Crippen LogP contribution in [0.4, 0.5) is 0 Å². The van der Waals surface area contributed by atoms with Crippen molar-refractivity contribution < 1.29 is 19.0 Å². The first-order chi connectivity index (χ1) is 16.0. The Morgan fingerprint density at radius 3 is 2.27 bits per heavy atom. The number of ether oxygens (including phenoxy) is 3. The molecule has 8 nitrogen and oxygen atoms in total. The SMILES string of the molecule is COc1ccc(CN2CCN(C(=O)C3CC(c4ccc(Br)cc4)NN3)CC2)c(OC)c1OC. The van der Waals surface area contributed by atoms with Gasteiger partial charge in [-0.05, 0) is 30.2 Å². The molecular weight excluding hydrogens is 488 g/mol. The molecule has 2 aromatic rings. The Morgan fingerprint density at radius 1 is 0.939 bits per heavy atom. The van der Waals surface area contributed by atoms with Gasteiger partial charge in [0.05, 0.1) is 21.3 Å². The molecule has 2 heterocycles. The van der Waals surface area contributed by atoms with E-state index in [2.05, 4.69) is 43.8 Å². The fourth-order valence-corrected chi connectivity index (χ4v) is 4.77. The van der Waals surface area contributed by atoms with E-state index < -0.39 is 0 Å². The number of carbonyl (C=O) groups excluding carboxylic acids is 1. The first-order valence-electron chi connectivity index (χ1n) is 11.1. The van der Waals surface area contributed by atoms with Crippen molar-refractivity contribution in [3.8, 4) is 17.2 Å². The van der Waals surface area contributed by atoms with Gasteiger partial charge in [0.25, 0.3) is 0 Å². The topological polar surface area (TPSA) is 75.3 Å². The van der Waals surface area contributed by atoms with Crippen LogP contribution in [0.25, 0.3) is 0 Å². The van der Waals surface area contributed by atoms with Gasteiger partial charge in [-0.3, -0.25) is 9.69 Å². The number of methoxy groups -OCH3 is 3. The second-order valence-electron chi connectivity index (χ2n) is 8.28. The molecule has 2 atom stereocenters. The maximum Gasteiger partial charge on any atom is 0.241 e. The molecular formula is C24H31BrN4O4. The Bertz CT molecular complexity index is 964. The molecule has 0 bridgehead atoms. The van der Waals surface area contributed by atoms with E-state index in [9.17, 15) is 4.79 Å². The maximum atomic E-state index is 13.1. The number of nitrogens with one attached hydrogen (secondary N) is 2. The van der Waals surface area contributed by atoms with E-state index in [1.54, 1.807) is 21.3 Å². The van der Waals surface area contributed by atoms with Gasteiger partial charge in [-0.1, -0.05) is 34.1 Å². The monoisotopic (exact) mass is 518 g/mol. The van der Waals surface area contributed by atoms with E-state index >= 15 is 0 Å². The lowest BCUT2D eigenvalue weighted by atomic mass is 10.0. The molecule has 2 aliphatic heterocycles. The molecule has 2 unspecified atom stereocenters. The van der Waals surface area contributed by atoms with Crippen molar-refractivity contribution in [1.29, 1.82) is 0 Å². The Labute approximate surface area is 203 Å². The van der Waals surface area contributed by atoms with Crippen molar-refractivity contribution in [3.63, 3.8) is 0 Å². The number of halogens is 1. The molecule has 0 spiro atoms. The molecule has 2 N–H and O–H groups in total. The van der Waals surface area contributed by atoms with Crippen LogP contribution in [-0.4, -0.2) is 69.3 Å². The molecule has 2 aromatic carbocycles. The van der Waals surface area contributed by atoms with Crippen LogP contribution < -0.4 is 25.1 Å². The standard InChI is InChI=1S/C24H31BrN4O4/c1-31-21-9-6-17(22(32-2)23(21)33-3)15-28-10-12-29(13-11-28)24(30)20-14-19(26-27-20)16-4-7-18(25)8-5-16/h4-9,19-20,26-27H,10-15H2,1-3H3. The van der Waals surface area contributed by atoms with Crippen LogP contribution in [0, 0.1) is 0 Å². The van der Waals surface area contributed by atoms with Gasteiger partial charge in [0, 0.05) is 48.8 Å². The van der Waals surface area contributed by atoms with Crippen molar-refractivity contribution in [3.05, 3.63) is 52.0 Å². The van der Waals surface area contributed by atoms with E-state index in [-0.39, 0.29) is 18.0 Å². The first kappa shape index (κ1) is 23.8. The minimum Gasteiger partial charge on any atom is -0.493 e. The summed E-state index contributed by atoms with van der Waals surface area (Å²) in [5, 5.41) is 0. The first-order valence-corrected chi connectivity index (χ1v) is 11.9. The molecule has 0 aliphatic carbocycles. The van der Waals surface area contributed by atoms with Crippen LogP contribution in [0.5, 0.6) is 17.2 Å². The zero-order chi connectivity index (χ0) is 23.4. The smallest absolute Gasteiger partial charge is 0.241 e. The number of hydrogen-bond acceptors (Lipinski definition) is 7. The number of hydrogen-bond donors (Lipinski definition) is 2. The summed E-state index contributed by atoms with van der Waals surface area (Å²) < 4.78 is 17.5. The number of nitrogens with zero attached hydrogens (tertiary/aromatic N) is 2. The van der Waals surface area contributed by atoms with E-state index in [4.69, 9.17) is 14.2 Å². The Hall–Kier alpha value is -2.33. The minimum absolute atomic E-state index is 0.130. The highest BCUT2D eigenvalue weighted by Crippen LogP contribution is 2.40. The largest absolute Gasteiger partial charge is 0.493 e. The number of benzene rings is 2. The second kappa shape index (κ2) is 10.7. The summed E-state index contributed by atoms with van der Waals surface area (Å²) >= 11 is 3.47. The van der Waals surface area contributed by atoms with E-state index in [1.807, 2.05) is 29.2 Å². The summed E-state index contributed by atoms with van der Waals surface area (Å²) in [4.78, 5) is 17.4. The van der Waals surface area contributed by atoms with Crippen molar-refractivity contribution in [2.24, 2.45) is 0 Å². The van der Waals surface area contributed by atoms with Crippen molar-refractivity contribution >= 4 is 21.8 Å². The van der Waals surface area contributed by atoms with Crippen LogP contribution >= 0.6 is 15.9 Å². The van der Waals surface area contributed by atoms with Crippen molar-refractivity contribution in [1.82, 2.24) is 20.7 Å². The molecule has 2 fully saturated rings. The minimum atomic E-state index is -0.212. The third-order valence-electron chi connectivity index (χ3n) is 6.34. The molecule has 2 aliphatic rings. The fourth-order valence-electron chi connectivity index (χ4n) is 4.51. The number of rotatable bonds is 7. The molecule has 0 aromatic heterocycles. The summed E-state index contributed by atoms with van der Waals surface area (Å²) in [5.41, 5.74) is 8.69. The Morgan fingerprint density at radius 2 is 1.64 bits per heavy atom.